The third-order valence-corrected chi connectivity index (χ3v) is 4.83. The number of hydrogen-bond donors (Lipinski definition) is 0. The number of rotatable bonds is 14. The molecule has 2 aromatic carbocycles. The summed E-state index contributed by atoms with van der Waals surface area (Å²) in [6, 6.07) is 10.7. The minimum atomic E-state index is -0.652. The Bertz CT molecular complexity index is 855. The largest absolute Gasteiger partial charge is 0.494 e. The summed E-state index contributed by atoms with van der Waals surface area (Å²) in [4.78, 5) is 4.43. The number of halogens is 1. The molecule has 0 unspecified atom stereocenters. The smallest absolute Gasteiger partial charge is 0.257 e. The molecular weight excluding hydrogens is 409 g/mol. The van der Waals surface area contributed by atoms with Crippen molar-refractivity contribution in [3.05, 3.63) is 65.2 Å². The third-order valence-electron chi connectivity index (χ3n) is 4.83. The molecule has 5 nitrogen and oxygen atoms in total. The molecule has 0 aliphatic rings. The lowest BCUT2D eigenvalue weighted by Gasteiger charge is -2.14. The monoisotopic (exact) mass is 443 g/mol. The van der Waals surface area contributed by atoms with Gasteiger partial charge in [-0.3, -0.25) is 0 Å². The predicted molar refractivity (Wildman–Crippen MR) is 127 cm³/mol. The minimum Gasteiger partial charge on any atom is -0.494 e. The van der Waals surface area contributed by atoms with Crippen LogP contribution < -0.4 is 14.2 Å². The second-order valence-electron chi connectivity index (χ2n) is 7.47. The maximum absolute atomic E-state index is 13.5. The Morgan fingerprint density at radius 3 is 2.09 bits per heavy atom. The molecule has 0 fully saturated rings. The lowest BCUT2D eigenvalue weighted by atomic mass is 10.1. The highest BCUT2D eigenvalue weighted by atomic mass is 19.1. The molecular formula is C26H34FNO4. The molecule has 0 saturated carbocycles. The van der Waals surface area contributed by atoms with E-state index in [4.69, 9.17) is 14.2 Å². The van der Waals surface area contributed by atoms with Crippen molar-refractivity contribution in [2.45, 2.75) is 46.5 Å². The summed E-state index contributed by atoms with van der Waals surface area (Å²) in [5, 5.41) is 3.27. The first-order chi connectivity index (χ1) is 15.5. The number of benzene rings is 2. The Kier molecular flexibility index (Phi) is 11.1. The van der Waals surface area contributed by atoms with E-state index in [9.17, 15) is 4.39 Å². The van der Waals surface area contributed by atoms with Crippen molar-refractivity contribution in [1.29, 1.82) is 0 Å². The minimum absolute atomic E-state index is 0.362. The molecule has 0 aliphatic carbocycles. The van der Waals surface area contributed by atoms with Crippen molar-refractivity contribution >= 4 is 5.97 Å². The van der Waals surface area contributed by atoms with Crippen LogP contribution in [0.5, 0.6) is 17.2 Å². The molecule has 174 valence electrons. The van der Waals surface area contributed by atoms with Crippen molar-refractivity contribution in [1.82, 2.24) is 0 Å². The molecule has 2 rings (SSSR count). The Morgan fingerprint density at radius 1 is 0.875 bits per heavy atom. The van der Waals surface area contributed by atoms with Crippen LogP contribution in [0.15, 0.2) is 53.7 Å². The van der Waals surface area contributed by atoms with Gasteiger partial charge < -0.3 is 19.0 Å². The molecule has 32 heavy (non-hydrogen) atoms. The highest BCUT2D eigenvalue weighted by Gasteiger charge is 2.07. The third kappa shape index (κ3) is 8.61. The molecule has 0 heterocycles. The number of ether oxygens (including phenoxy) is 3. The van der Waals surface area contributed by atoms with Crippen molar-refractivity contribution in [3.63, 3.8) is 0 Å². The first-order valence-corrected chi connectivity index (χ1v) is 11.0. The predicted octanol–water partition coefficient (Wildman–Crippen LogP) is 6.55. The van der Waals surface area contributed by atoms with E-state index < -0.39 is 5.97 Å². The normalized spacial score (nSPS) is 11.6. The van der Waals surface area contributed by atoms with E-state index in [1.165, 1.54) is 7.11 Å². The fourth-order valence-corrected chi connectivity index (χ4v) is 3.21. The molecule has 0 atom stereocenters. The molecule has 0 aliphatic heterocycles. The van der Waals surface area contributed by atoms with Crippen LogP contribution in [0.1, 0.15) is 49.3 Å². The maximum atomic E-state index is 13.5. The van der Waals surface area contributed by atoms with Crippen LogP contribution in [-0.4, -0.2) is 32.9 Å². The van der Waals surface area contributed by atoms with Crippen LogP contribution in [0.2, 0.25) is 0 Å². The van der Waals surface area contributed by atoms with Crippen LogP contribution >= 0.6 is 0 Å². The Morgan fingerprint density at radius 2 is 1.50 bits per heavy atom. The Hall–Kier alpha value is -3.02. The SMILES string of the molecule is C/C=C/COc1cc(C)c(OCCCCCCOc2ccc(/C(F)=N/OC)cc2)c(C)c1. The van der Waals surface area contributed by atoms with Gasteiger partial charge in [-0.2, -0.15) is 4.39 Å². The molecule has 0 N–H and O–H groups in total. The lowest BCUT2D eigenvalue weighted by Crippen LogP contribution is -2.03. The van der Waals surface area contributed by atoms with Crippen LogP contribution in [-0.2, 0) is 4.84 Å². The van der Waals surface area contributed by atoms with Gasteiger partial charge in [-0.25, -0.2) is 0 Å². The summed E-state index contributed by atoms with van der Waals surface area (Å²) in [5.41, 5.74) is 2.54. The summed E-state index contributed by atoms with van der Waals surface area (Å²) in [6.45, 7) is 7.97. The number of unbranched alkanes of at least 4 members (excludes halogenated alkanes) is 3. The summed E-state index contributed by atoms with van der Waals surface area (Å²) in [7, 11) is 1.31. The topological polar surface area (TPSA) is 49.3 Å². The fourth-order valence-electron chi connectivity index (χ4n) is 3.21. The van der Waals surface area contributed by atoms with E-state index in [-0.39, 0.29) is 0 Å². The van der Waals surface area contributed by atoms with Gasteiger partial charge in [0.25, 0.3) is 5.97 Å². The van der Waals surface area contributed by atoms with E-state index in [0.29, 0.717) is 31.1 Å². The lowest BCUT2D eigenvalue weighted by molar-refractivity contribution is 0.209. The maximum Gasteiger partial charge on any atom is 0.257 e. The molecule has 0 aromatic heterocycles. The van der Waals surface area contributed by atoms with Crippen molar-refractivity contribution in [2.75, 3.05) is 26.9 Å². The van der Waals surface area contributed by atoms with Crippen LogP contribution in [0.3, 0.4) is 0 Å². The van der Waals surface area contributed by atoms with E-state index in [0.717, 1.165) is 48.3 Å². The van der Waals surface area contributed by atoms with Gasteiger partial charge in [-0.15, -0.1) is 0 Å². The number of oxime groups is 1. The van der Waals surface area contributed by atoms with Crippen molar-refractivity contribution in [3.8, 4) is 17.2 Å². The summed E-state index contributed by atoms with van der Waals surface area (Å²) in [5.74, 6) is 1.88. The average molecular weight is 444 g/mol. The number of allylic oxidation sites excluding steroid dienone is 1. The van der Waals surface area contributed by atoms with E-state index in [1.54, 1.807) is 24.3 Å². The van der Waals surface area contributed by atoms with Crippen LogP contribution in [0, 0.1) is 13.8 Å². The molecule has 6 heteroatoms. The Balaban J connectivity index is 1.62. The second kappa shape index (κ2) is 14.1. The van der Waals surface area contributed by atoms with E-state index >= 15 is 0 Å². The van der Waals surface area contributed by atoms with Crippen molar-refractivity contribution in [2.24, 2.45) is 5.16 Å². The Labute approximate surface area is 190 Å². The van der Waals surface area contributed by atoms with Gasteiger partial charge in [0.1, 0.15) is 31.0 Å². The van der Waals surface area contributed by atoms with Gasteiger partial charge in [0.05, 0.1) is 13.2 Å². The zero-order chi connectivity index (χ0) is 23.2. The van der Waals surface area contributed by atoms with Gasteiger partial charge >= 0.3 is 0 Å². The van der Waals surface area contributed by atoms with Gasteiger partial charge in [-0.05, 0) is 94.0 Å². The number of nitrogens with zero attached hydrogens (tertiary/aromatic N) is 1. The van der Waals surface area contributed by atoms with E-state index in [1.807, 2.05) is 45.1 Å². The quantitative estimate of drug-likeness (QED) is 0.144. The highest BCUT2D eigenvalue weighted by molar-refractivity contribution is 5.92. The first-order valence-electron chi connectivity index (χ1n) is 11.0. The molecule has 2 aromatic rings. The molecule has 0 radical (unpaired) electrons. The van der Waals surface area contributed by atoms with Crippen LogP contribution in [0.4, 0.5) is 4.39 Å². The average Bonchev–Trinajstić information content (AvgIpc) is 2.78. The first kappa shape index (κ1) is 25.2. The van der Waals surface area contributed by atoms with Crippen molar-refractivity contribution < 1.29 is 23.4 Å². The summed E-state index contributed by atoms with van der Waals surface area (Å²) >= 11 is 0. The second-order valence-corrected chi connectivity index (χ2v) is 7.47. The fraction of sp³-hybridized carbons (Fsp3) is 0.423. The van der Waals surface area contributed by atoms with Gasteiger partial charge in [0.15, 0.2) is 0 Å². The van der Waals surface area contributed by atoms with Gasteiger partial charge in [0, 0.05) is 5.56 Å². The zero-order valence-electron chi connectivity index (χ0n) is 19.5. The van der Waals surface area contributed by atoms with Crippen LogP contribution in [0.25, 0.3) is 0 Å². The van der Waals surface area contributed by atoms with Gasteiger partial charge in [-0.1, -0.05) is 17.3 Å². The summed E-state index contributed by atoms with van der Waals surface area (Å²) in [6.07, 6.45) is 8.04. The van der Waals surface area contributed by atoms with Gasteiger partial charge in [0.2, 0.25) is 0 Å². The molecule has 0 spiro atoms. The number of aryl methyl sites for hydroxylation is 2. The molecule has 0 amide bonds. The molecule has 0 bridgehead atoms. The number of hydrogen-bond acceptors (Lipinski definition) is 5. The highest BCUT2D eigenvalue weighted by Crippen LogP contribution is 2.28. The molecule has 0 saturated heterocycles. The zero-order valence-corrected chi connectivity index (χ0v) is 19.5. The van der Waals surface area contributed by atoms with E-state index in [2.05, 4.69) is 9.99 Å². The summed E-state index contributed by atoms with van der Waals surface area (Å²) < 4.78 is 31.0. The standard InChI is InChI=1S/C26H34FNO4/c1-5-6-15-31-24-18-20(2)25(21(3)19-24)32-17-10-8-7-9-16-30-23-13-11-22(12-14-23)26(27)28-29-4/h5-6,11-14,18-19H,7-10,15-17H2,1-4H3/b6-5+,28-26-.